The Bertz CT molecular complexity index is 513. The normalized spacial score (nSPS) is 15.6. The summed E-state index contributed by atoms with van der Waals surface area (Å²) in [6.45, 7) is 2.95. The van der Waals surface area contributed by atoms with E-state index in [0.29, 0.717) is 26.2 Å². The van der Waals surface area contributed by atoms with Crippen LogP contribution < -0.4 is 10.2 Å². The molecule has 7 heteroatoms. The van der Waals surface area contributed by atoms with E-state index in [4.69, 9.17) is 0 Å². The number of carbonyl (C=O) groups excluding carboxylic acids is 2. The molecule has 2 N–H and O–H groups in total. The number of methoxy groups -OCH3 is 1. The molecule has 0 aliphatic carbocycles. The lowest BCUT2D eigenvalue weighted by Gasteiger charge is -2.35. The van der Waals surface area contributed by atoms with Crippen molar-refractivity contribution in [2.45, 2.75) is 0 Å². The number of benzene rings is 1. The van der Waals surface area contributed by atoms with Gasteiger partial charge in [0.2, 0.25) is 5.91 Å². The highest BCUT2D eigenvalue weighted by Gasteiger charge is 2.21. The van der Waals surface area contributed by atoms with Crippen molar-refractivity contribution in [1.82, 2.24) is 10.2 Å². The molecule has 2 rings (SSSR count). The standard InChI is InChI=1S/C14H19N3O4/c1-21-14(20)15-13(19)10-16-6-8-17(9-7-16)11-4-2-3-5-12(11)18/h2-5,18H,6-10H2,1H3,(H,15,19,20). The van der Waals surface area contributed by atoms with Crippen molar-refractivity contribution < 1.29 is 19.4 Å². The van der Waals surface area contributed by atoms with Gasteiger partial charge in [-0.25, -0.2) is 4.79 Å². The minimum atomic E-state index is -0.743. The smallest absolute Gasteiger partial charge is 0.413 e. The van der Waals surface area contributed by atoms with Crippen LogP contribution in [0.25, 0.3) is 0 Å². The maximum atomic E-state index is 11.6. The molecule has 1 heterocycles. The molecule has 0 atom stereocenters. The number of anilines is 1. The highest BCUT2D eigenvalue weighted by atomic mass is 16.5. The Kier molecular flexibility index (Phi) is 4.99. The van der Waals surface area contributed by atoms with Gasteiger partial charge >= 0.3 is 6.09 Å². The zero-order chi connectivity index (χ0) is 15.2. The SMILES string of the molecule is COC(=O)NC(=O)CN1CCN(c2ccccc2O)CC1. The number of hydrogen-bond acceptors (Lipinski definition) is 6. The summed E-state index contributed by atoms with van der Waals surface area (Å²) >= 11 is 0. The second-order valence-corrected chi connectivity index (χ2v) is 4.79. The van der Waals surface area contributed by atoms with Crippen LogP contribution in [0.15, 0.2) is 24.3 Å². The summed E-state index contributed by atoms with van der Waals surface area (Å²) in [7, 11) is 1.22. The molecular weight excluding hydrogens is 274 g/mol. The number of phenols is 1. The molecule has 1 saturated heterocycles. The van der Waals surface area contributed by atoms with Gasteiger partial charge in [-0.05, 0) is 12.1 Å². The van der Waals surface area contributed by atoms with Gasteiger partial charge in [0.1, 0.15) is 5.75 Å². The largest absolute Gasteiger partial charge is 0.506 e. The van der Waals surface area contributed by atoms with Crippen LogP contribution in [0.3, 0.4) is 0 Å². The van der Waals surface area contributed by atoms with Crippen molar-refractivity contribution in [1.29, 1.82) is 0 Å². The zero-order valence-electron chi connectivity index (χ0n) is 11.9. The van der Waals surface area contributed by atoms with E-state index in [9.17, 15) is 14.7 Å². The molecule has 0 bridgehead atoms. The van der Waals surface area contributed by atoms with E-state index < -0.39 is 6.09 Å². The molecule has 1 aliphatic heterocycles. The Balaban J connectivity index is 1.82. The van der Waals surface area contributed by atoms with E-state index in [2.05, 4.69) is 15.0 Å². The van der Waals surface area contributed by atoms with Crippen LogP contribution in [-0.2, 0) is 9.53 Å². The number of ether oxygens (including phenoxy) is 1. The van der Waals surface area contributed by atoms with Crippen molar-refractivity contribution in [3.63, 3.8) is 0 Å². The molecule has 7 nitrogen and oxygen atoms in total. The number of nitrogens with zero attached hydrogens (tertiary/aromatic N) is 2. The molecule has 0 radical (unpaired) electrons. The van der Waals surface area contributed by atoms with E-state index in [0.717, 1.165) is 5.69 Å². The molecular formula is C14H19N3O4. The summed E-state index contributed by atoms with van der Waals surface area (Å²) < 4.78 is 4.37. The third-order valence-corrected chi connectivity index (χ3v) is 3.39. The molecule has 1 aliphatic rings. The second-order valence-electron chi connectivity index (χ2n) is 4.79. The van der Waals surface area contributed by atoms with Gasteiger partial charge < -0.3 is 14.7 Å². The molecule has 0 saturated carbocycles. The number of phenolic OH excluding ortho intramolecular Hbond substituents is 1. The fraction of sp³-hybridized carbons (Fsp3) is 0.429. The maximum Gasteiger partial charge on any atom is 0.413 e. The number of piperazine rings is 1. The highest BCUT2D eigenvalue weighted by Crippen LogP contribution is 2.26. The van der Waals surface area contributed by atoms with Crippen molar-refractivity contribution in [3.05, 3.63) is 24.3 Å². The quantitative estimate of drug-likeness (QED) is 0.839. The van der Waals surface area contributed by atoms with Crippen molar-refractivity contribution >= 4 is 17.7 Å². The molecule has 1 fully saturated rings. The van der Waals surface area contributed by atoms with Crippen LogP contribution >= 0.6 is 0 Å². The summed E-state index contributed by atoms with van der Waals surface area (Å²) in [4.78, 5) is 26.5. The minimum absolute atomic E-state index is 0.156. The van der Waals surface area contributed by atoms with Crippen LogP contribution in [0.4, 0.5) is 10.5 Å². The molecule has 0 aromatic heterocycles. The van der Waals surface area contributed by atoms with Gasteiger partial charge in [0.15, 0.2) is 0 Å². The van der Waals surface area contributed by atoms with Gasteiger partial charge in [0.25, 0.3) is 0 Å². The third-order valence-electron chi connectivity index (χ3n) is 3.39. The third kappa shape index (κ3) is 4.09. The first-order chi connectivity index (χ1) is 10.1. The number of amides is 2. The molecule has 0 unspecified atom stereocenters. The predicted octanol–water partition coefficient (Wildman–Crippen LogP) is 0.397. The van der Waals surface area contributed by atoms with E-state index >= 15 is 0 Å². The number of aromatic hydroxyl groups is 1. The van der Waals surface area contributed by atoms with Crippen LogP contribution in [0.2, 0.25) is 0 Å². The number of hydrogen-bond donors (Lipinski definition) is 2. The van der Waals surface area contributed by atoms with Crippen molar-refractivity contribution in [2.24, 2.45) is 0 Å². The number of nitrogens with one attached hydrogen (secondary N) is 1. The number of alkyl carbamates (subject to hydrolysis) is 1. The summed E-state index contributed by atoms with van der Waals surface area (Å²) in [5.74, 6) is -0.118. The number of para-hydroxylation sites is 2. The van der Waals surface area contributed by atoms with Gasteiger partial charge in [0, 0.05) is 26.2 Å². The average Bonchev–Trinajstić information content (AvgIpc) is 2.48. The van der Waals surface area contributed by atoms with E-state index in [1.54, 1.807) is 12.1 Å². The predicted molar refractivity (Wildman–Crippen MR) is 77.3 cm³/mol. The van der Waals surface area contributed by atoms with Crippen LogP contribution in [-0.4, -0.2) is 61.8 Å². The molecule has 114 valence electrons. The molecule has 1 aromatic carbocycles. The number of rotatable bonds is 3. The topological polar surface area (TPSA) is 82.1 Å². The van der Waals surface area contributed by atoms with Gasteiger partial charge in [-0.1, -0.05) is 12.1 Å². The first-order valence-corrected chi connectivity index (χ1v) is 6.73. The van der Waals surface area contributed by atoms with Gasteiger partial charge in [-0.3, -0.25) is 15.0 Å². The highest BCUT2D eigenvalue weighted by molar-refractivity contribution is 5.92. The van der Waals surface area contributed by atoms with Crippen LogP contribution in [0.5, 0.6) is 5.75 Å². The van der Waals surface area contributed by atoms with E-state index in [1.165, 1.54) is 7.11 Å². The van der Waals surface area contributed by atoms with Gasteiger partial charge in [-0.15, -0.1) is 0 Å². The molecule has 2 amide bonds. The molecule has 0 spiro atoms. The summed E-state index contributed by atoms with van der Waals surface area (Å²) in [6, 6.07) is 7.19. The van der Waals surface area contributed by atoms with Crippen molar-refractivity contribution in [2.75, 3.05) is 44.7 Å². The monoisotopic (exact) mass is 293 g/mol. The minimum Gasteiger partial charge on any atom is -0.506 e. The summed E-state index contributed by atoms with van der Waals surface area (Å²) in [5, 5.41) is 12.0. The second kappa shape index (κ2) is 6.94. The van der Waals surface area contributed by atoms with Crippen LogP contribution in [0.1, 0.15) is 0 Å². The Labute approximate surface area is 123 Å². The first-order valence-electron chi connectivity index (χ1n) is 6.73. The van der Waals surface area contributed by atoms with Gasteiger partial charge in [-0.2, -0.15) is 0 Å². The van der Waals surface area contributed by atoms with Crippen LogP contribution in [0, 0.1) is 0 Å². The Morgan fingerprint density at radius 2 is 1.90 bits per heavy atom. The van der Waals surface area contributed by atoms with E-state index in [1.807, 2.05) is 17.0 Å². The lowest BCUT2D eigenvalue weighted by atomic mass is 10.2. The summed E-state index contributed by atoms with van der Waals surface area (Å²) in [5.41, 5.74) is 0.802. The Morgan fingerprint density at radius 3 is 2.52 bits per heavy atom. The lowest BCUT2D eigenvalue weighted by Crippen LogP contribution is -2.50. The average molecular weight is 293 g/mol. The van der Waals surface area contributed by atoms with E-state index in [-0.39, 0.29) is 18.2 Å². The summed E-state index contributed by atoms with van der Waals surface area (Å²) in [6.07, 6.45) is -0.743. The zero-order valence-corrected chi connectivity index (χ0v) is 11.9. The first kappa shape index (κ1) is 15.1. The number of imide groups is 1. The molecule has 1 aromatic rings. The van der Waals surface area contributed by atoms with Gasteiger partial charge in [0.05, 0.1) is 19.3 Å². The Morgan fingerprint density at radius 1 is 1.24 bits per heavy atom. The fourth-order valence-corrected chi connectivity index (χ4v) is 2.29. The lowest BCUT2D eigenvalue weighted by molar-refractivity contribution is -0.121. The van der Waals surface area contributed by atoms with Crippen molar-refractivity contribution in [3.8, 4) is 5.75 Å². The molecule has 21 heavy (non-hydrogen) atoms. The maximum absolute atomic E-state index is 11.6. The fourth-order valence-electron chi connectivity index (χ4n) is 2.29. The number of carbonyl (C=O) groups is 2. The Hall–Kier alpha value is -2.28.